The predicted octanol–water partition coefficient (Wildman–Crippen LogP) is 5.38. The van der Waals surface area contributed by atoms with Crippen LogP contribution in [0.3, 0.4) is 0 Å². The fourth-order valence-electron chi connectivity index (χ4n) is 4.25. The summed E-state index contributed by atoms with van der Waals surface area (Å²) in [5, 5.41) is 3.34. The van der Waals surface area contributed by atoms with Gasteiger partial charge in [-0.05, 0) is 55.4 Å². The van der Waals surface area contributed by atoms with Crippen LogP contribution in [0.5, 0.6) is 0 Å². The van der Waals surface area contributed by atoms with Crippen LogP contribution in [0, 0.1) is 12.8 Å². The molecule has 2 aromatic carbocycles. The number of carbonyl (C=O) groups is 1. The van der Waals surface area contributed by atoms with Gasteiger partial charge in [0.1, 0.15) is 5.84 Å². The van der Waals surface area contributed by atoms with Crippen molar-refractivity contribution in [2.75, 3.05) is 11.4 Å². The van der Waals surface area contributed by atoms with Crippen molar-refractivity contribution in [3.63, 3.8) is 0 Å². The molecule has 150 valence electrons. The van der Waals surface area contributed by atoms with E-state index in [1.807, 2.05) is 17.0 Å². The first-order valence-corrected chi connectivity index (χ1v) is 10.5. The summed E-state index contributed by atoms with van der Waals surface area (Å²) < 4.78 is 0. The van der Waals surface area contributed by atoms with Crippen LogP contribution >= 0.6 is 0 Å². The lowest BCUT2D eigenvalue weighted by atomic mass is 9.99. The van der Waals surface area contributed by atoms with Gasteiger partial charge in [0.05, 0.1) is 5.69 Å². The number of rotatable bonds is 6. The molecule has 29 heavy (non-hydrogen) atoms. The van der Waals surface area contributed by atoms with Crippen molar-refractivity contribution in [3.05, 3.63) is 65.7 Å². The van der Waals surface area contributed by atoms with E-state index in [0.717, 1.165) is 60.7 Å². The zero-order valence-electron chi connectivity index (χ0n) is 17.4. The number of carbonyl (C=O) groups excluding carboxylic acids is 1. The average molecular weight is 388 g/mol. The third-order valence-corrected chi connectivity index (χ3v) is 5.85. The number of amidine groups is 1. The number of benzene rings is 2. The first kappa shape index (κ1) is 19.4. The normalized spacial score (nSPS) is 16.0. The van der Waals surface area contributed by atoms with Gasteiger partial charge in [0, 0.05) is 36.3 Å². The van der Waals surface area contributed by atoms with E-state index >= 15 is 0 Å². The van der Waals surface area contributed by atoms with Crippen LogP contribution in [0.1, 0.15) is 49.3 Å². The third kappa shape index (κ3) is 4.26. The molecule has 2 aliphatic heterocycles. The van der Waals surface area contributed by atoms with E-state index < -0.39 is 0 Å². The standard InChI is InChI=1S/C25H29N3O/c1-17(16-25(29)28-14-13-20-8-4-5-9-23(20)28)7-6-10-24-26-19(3)21-12-11-18(2)15-22(21)27-24/h4-5,8-9,11-12,15,17H,3,6-7,10,13-14,16H2,1-2H3,(H,26,27). The number of amides is 1. The molecule has 2 aromatic rings. The van der Waals surface area contributed by atoms with Gasteiger partial charge < -0.3 is 10.2 Å². The Balaban J connectivity index is 1.29. The number of anilines is 1. The van der Waals surface area contributed by atoms with Gasteiger partial charge in [0.25, 0.3) is 0 Å². The average Bonchev–Trinajstić information content (AvgIpc) is 3.12. The van der Waals surface area contributed by atoms with Crippen LogP contribution in [0.25, 0.3) is 5.70 Å². The molecule has 0 spiro atoms. The molecular weight excluding hydrogens is 358 g/mol. The Kier molecular flexibility index (Phi) is 5.52. The van der Waals surface area contributed by atoms with E-state index in [0.29, 0.717) is 12.3 Å². The largest absolute Gasteiger partial charge is 0.344 e. The Labute approximate surface area is 173 Å². The maximum Gasteiger partial charge on any atom is 0.227 e. The van der Waals surface area contributed by atoms with Crippen LogP contribution in [0.4, 0.5) is 11.4 Å². The topological polar surface area (TPSA) is 44.7 Å². The molecule has 0 aliphatic carbocycles. The van der Waals surface area contributed by atoms with Crippen molar-refractivity contribution in [1.29, 1.82) is 0 Å². The Hall–Kier alpha value is -2.88. The number of hydrogen-bond donors (Lipinski definition) is 1. The fraction of sp³-hybridized carbons (Fsp3) is 0.360. The van der Waals surface area contributed by atoms with Gasteiger partial charge in [-0.25, -0.2) is 4.99 Å². The summed E-state index contributed by atoms with van der Waals surface area (Å²) in [7, 11) is 0. The lowest BCUT2D eigenvalue weighted by molar-refractivity contribution is -0.119. The Bertz CT molecular complexity index is 976. The van der Waals surface area contributed by atoms with Gasteiger partial charge >= 0.3 is 0 Å². The van der Waals surface area contributed by atoms with Crippen LogP contribution in [0.15, 0.2) is 54.0 Å². The lowest BCUT2D eigenvalue weighted by Crippen LogP contribution is -2.30. The predicted molar refractivity (Wildman–Crippen MR) is 121 cm³/mol. The number of para-hydroxylation sites is 1. The van der Waals surface area contributed by atoms with Crippen LogP contribution in [-0.4, -0.2) is 18.3 Å². The zero-order chi connectivity index (χ0) is 20.4. The fourth-order valence-corrected chi connectivity index (χ4v) is 4.25. The van der Waals surface area contributed by atoms with Crippen molar-refractivity contribution in [3.8, 4) is 0 Å². The van der Waals surface area contributed by atoms with Gasteiger partial charge in [0.15, 0.2) is 0 Å². The summed E-state index contributed by atoms with van der Waals surface area (Å²) in [6.45, 7) is 9.21. The minimum Gasteiger partial charge on any atom is -0.344 e. The Morgan fingerprint density at radius 3 is 2.97 bits per heavy atom. The lowest BCUT2D eigenvalue weighted by Gasteiger charge is -2.21. The van der Waals surface area contributed by atoms with E-state index in [9.17, 15) is 4.79 Å². The van der Waals surface area contributed by atoms with Crippen molar-refractivity contribution >= 4 is 28.8 Å². The van der Waals surface area contributed by atoms with Crippen molar-refractivity contribution in [2.24, 2.45) is 10.9 Å². The number of aliphatic imine (C=N–C) groups is 1. The van der Waals surface area contributed by atoms with E-state index in [-0.39, 0.29) is 5.91 Å². The molecule has 0 fully saturated rings. The van der Waals surface area contributed by atoms with Crippen molar-refractivity contribution in [1.82, 2.24) is 5.32 Å². The van der Waals surface area contributed by atoms with Crippen molar-refractivity contribution in [2.45, 2.75) is 46.0 Å². The van der Waals surface area contributed by atoms with E-state index in [4.69, 9.17) is 4.99 Å². The molecule has 4 nitrogen and oxygen atoms in total. The first-order valence-electron chi connectivity index (χ1n) is 10.5. The van der Waals surface area contributed by atoms with Gasteiger partial charge in [-0.2, -0.15) is 0 Å². The highest BCUT2D eigenvalue weighted by atomic mass is 16.2. The summed E-state index contributed by atoms with van der Waals surface area (Å²) >= 11 is 0. The highest BCUT2D eigenvalue weighted by molar-refractivity contribution is 5.98. The SMILES string of the molecule is C=C1NC(CCCC(C)CC(=O)N2CCc3ccccc32)=Nc2cc(C)ccc21. The second kappa shape index (κ2) is 8.24. The second-order valence-electron chi connectivity index (χ2n) is 8.31. The van der Waals surface area contributed by atoms with Crippen LogP contribution in [0.2, 0.25) is 0 Å². The molecule has 4 heteroatoms. The molecule has 0 saturated heterocycles. The van der Waals surface area contributed by atoms with Crippen LogP contribution in [-0.2, 0) is 11.2 Å². The summed E-state index contributed by atoms with van der Waals surface area (Å²) in [4.78, 5) is 19.5. The van der Waals surface area contributed by atoms with E-state index in [1.54, 1.807) is 0 Å². The highest BCUT2D eigenvalue weighted by Gasteiger charge is 2.25. The molecule has 0 saturated carbocycles. The number of hydrogen-bond acceptors (Lipinski definition) is 3. The molecule has 2 heterocycles. The van der Waals surface area contributed by atoms with Crippen molar-refractivity contribution < 1.29 is 4.79 Å². The van der Waals surface area contributed by atoms with Crippen LogP contribution < -0.4 is 10.2 Å². The summed E-state index contributed by atoms with van der Waals surface area (Å²) in [5.41, 5.74) is 6.57. The third-order valence-electron chi connectivity index (χ3n) is 5.85. The van der Waals surface area contributed by atoms with Gasteiger partial charge in [-0.3, -0.25) is 4.79 Å². The van der Waals surface area contributed by atoms with E-state index in [1.165, 1.54) is 11.1 Å². The molecule has 1 amide bonds. The molecule has 1 unspecified atom stereocenters. The molecule has 0 bridgehead atoms. The maximum absolute atomic E-state index is 12.8. The molecule has 4 rings (SSSR count). The molecule has 1 N–H and O–H groups in total. The first-order chi connectivity index (χ1) is 14.0. The number of aryl methyl sites for hydroxylation is 1. The Morgan fingerprint density at radius 2 is 2.10 bits per heavy atom. The summed E-state index contributed by atoms with van der Waals surface area (Å²) in [5.74, 6) is 1.57. The molecule has 1 atom stereocenters. The number of fused-ring (bicyclic) bond motifs is 2. The monoisotopic (exact) mass is 387 g/mol. The Morgan fingerprint density at radius 1 is 1.28 bits per heavy atom. The smallest absolute Gasteiger partial charge is 0.227 e. The minimum atomic E-state index is 0.244. The zero-order valence-corrected chi connectivity index (χ0v) is 17.4. The summed E-state index contributed by atoms with van der Waals surface area (Å²) in [6.07, 6.45) is 4.45. The number of nitrogens with zero attached hydrogens (tertiary/aromatic N) is 2. The van der Waals surface area contributed by atoms with Gasteiger partial charge in [-0.15, -0.1) is 0 Å². The quantitative estimate of drug-likeness (QED) is 0.723. The van der Waals surface area contributed by atoms with E-state index in [2.05, 4.69) is 56.1 Å². The maximum atomic E-state index is 12.8. The molecule has 2 aliphatic rings. The number of nitrogens with one attached hydrogen (secondary N) is 1. The second-order valence-corrected chi connectivity index (χ2v) is 8.31. The summed E-state index contributed by atoms with van der Waals surface area (Å²) in [6, 6.07) is 14.5. The van der Waals surface area contributed by atoms with Gasteiger partial charge in [0.2, 0.25) is 5.91 Å². The molecule has 0 radical (unpaired) electrons. The highest BCUT2D eigenvalue weighted by Crippen LogP contribution is 2.31. The molecular formula is C25H29N3O. The molecule has 0 aromatic heterocycles. The van der Waals surface area contributed by atoms with Gasteiger partial charge in [-0.1, -0.05) is 43.8 Å². The minimum absolute atomic E-state index is 0.244.